The highest BCUT2D eigenvalue weighted by Crippen LogP contribution is 2.30. The summed E-state index contributed by atoms with van der Waals surface area (Å²) >= 11 is 12.3. The van der Waals surface area contributed by atoms with Crippen LogP contribution in [-0.4, -0.2) is 24.5 Å². The fourth-order valence-corrected chi connectivity index (χ4v) is 3.46. The minimum atomic E-state index is -0.0489. The number of rotatable bonds is 5. The maximum absolute atomic E-state index is 6.27. The Morgan fingerprint density at radius 3 is 2.65 bits per heavy atom. The summed E-state index contributed by atoms with van der Waals surface area (Å²) in [5.41, 5.74) is 7.23. The third-order valence-corrected chi connectivity index (χ3v) is 5.21. The third-order valence-electron chi connectivity index (χ3n) is 4.37. The number of nitrogens with zero attached hydrogens (tertiary/aromatic N) is 1. The first kappa shape index (κ1) is 16.1. The molecule has 0 saturated heterocycles. The van der Waals surface area contributed by atoms with Crippen LogP contribution in [0.1, 0.15) is 50.1 Å². The van der Waals surface area contributed by atoms with E-state index in [0.717, 1.165) is 24.6 Å². The van der Waals surface area contributed by atoms with Crippen molar-refractivity contribution in [2.24, 2.45) is 5.73 Å². The lowest BCUT2D eigenvalue weighted by atomic mass is 9.94. The van der Waals surface area contributed by atoms with Crippen molar-refractivity contribution in [3.8, 4) is 0 Å². The molecule has 0 radical (unpaired) electrons. The molecule has 4 heteroatoms. The second-order valence-electron chi connectivity index (χ2n) is 5.81. The molecule has 1 aromatic carbocycles. The first-order valence-electron chi connectivity index (χ1n) is 7.49. The highest BCUT2D eigenvalue weighted by molar-refractivity contribution is 6.42. The highest BCUT2D eigenvalue weighted by Gasteiger charge is 2.19. The minimum Gasteiger partial charge on any atom is -0.324 e. The predicted octanol–water partition coefficient (Wildman–Crippen LogP) is 4.65. The van der Waals surface area contributed by atoms with Gasteiger partial charge in [0.15, 0.2) is 0 Å². The summed E-state index contributed by atoms with van der Waals surface area (Å²) in [7, 11) is 2.21. The molecule has 0 aliphatic heterocycles. The Hall–Kier alpha value is -0.280. The number of hydrogen-bond donors (Lipinski definition) is 1. The number of benzene rings is 1. The van der Waals surface area contributed by atoms with E-state index in [2.05, 4.69) is 11.9 Å². The molecule has 20 heavy (non-hydrogen) atoms. The van der Waals surface area contributed by atoms with Gasteiger partial charge in [-0.1, -0.05) is 54.6 Å². The standard InChI is InChI=1S/C16H24Cl2N2/c1-20(12-6-3-2-4-7-12)11-10-15(19)13-8-5-9-14(17)16(13)18/h5,8-9,12,15H,2-4,6-7,10-11,19H2,1H3. The van der Waals surface area contributed by atoms with Crippen LogP contribution in [0.5, 0.6) is 0 Å². The van der Waals surface area contributed by atoms with Gasteiger partial charge in [0.2, 0.25) is 0 Å². The summed E-state index contributed by atoms with van der Waals surface area (Å²) in [6.45, 7) is 1.01. The van der Waals surface area contributed by atoms with Gasteiger partial charge in [-0.05, 0) is 44.5 Å². The van der Waals surface area contributed by atoms with Gasteiger partial charge in [-0.25, -0.2) is 0 Å². The van der Waals surface area contributed by atoms with Gasteiger partial charge in [0.05, 0.1) is 10.0 Å². The molecule has 2 N–H and O–H groups in total. The van der Waals surface area contributed by atoms with E-state index in [9.17, 15) is 0 Å². The van der Waals surface area contributed by atoms with Gasteiger partial charge in [-0.2, -0.15) is 0 Å². The van der Waals surface area contributed by atoms with Crippen molar-refractivity contribution < 1.29 is 0 Å². The normalized spacial score (nSPS) is 18.4. The molecule has 1 fully saturated rings. The van der Waals surface area contributed by atoms with Gasteiger partial charge in [0.1, 0.15) is 0 Å². The summed E-state index contributed by atoms with van der Waals surface area (Å²) < 4.78 is 0. The molecule has 112 valence electrons. The number of halogens is 2. The van der Waals surface area contributed by atoms with Crippen molar-refractivity contribution in [3.05, 3.63) is 33.8 Å². The zero-order valence-corrected chi connectivity index (χ0v) is 13.6. The van der Waals surface area contributed by atoms with Gasteiger partial charge in [0.25, 0.3) is 0 Å². The van der Waals surface area contributed by atoms with Crippen LogP contribution in [0.4, 0.5) is 0 Å². The molecule has 1 aliphatic carbocycles. The molecule has 1 unspecified atom stereocenters. The van der Waals surface area contributed by atoms with Crippen LogP contribution in [0, 0.1) is 0 Å². The molecule has 0 amide bonds. The van der Waals surface area contributed by atoms with E-state index in [4.69, 9.17) is 28.9 Å². The Balaban J connectivity index is 1.88. The average molecular weight is 315 g/mol. The molecule has 1 aliphatic rings. The van der Waals surface area contributed by atoms with E-state index in [-0.39, 0.29) is 6.04 Å². The van der Waals surface area contributed by atoms with E-state index in [1.165, 1.54) is 32.1 Å². The Morgan fingerprint density at radius 2 is 1.95 bits per heavy atom. The maximum atomic E-state index is 6.27. The largest absolute Gasteiger partial charge is 0.324 e. The molecule has 2 nitrogen and oxygen atoms in total. The van der Waals surface area contributed by atoms with Crippen LogP contribution in [0.2, 0.25) is 10.0 Å². The van der Waals surface area contributed by atoms with Crippen molar-refractivity contribution in [1.29, 1.82) is 0 Å². The van der Waals surface area contributed by atoms with Crippen LogP contribution in [-0.2, 0) is 0 Å². The first-order valence-corrected chi connectivity index (χ1v) is 8.25. The zero-order chi connectivity index (χ0) is 14.5. The van der Waals surface area contributed by atoms with Crippen molar-refractivity contribution in [2.45, 2.75) is 50.6 Å². The summed E-state index contributed by atoms with van der Waals surface area (Å²) in [6, 6.07) is 6.36. The quantitative estimate of drug-likeness (QED) is 0.857. The monoisotopic (exact) mass is 314 g/mol. The molecule has 0 aromatic heterocycles. The molecule has 0 heterocycles. The number of nitrogens with two attached hydrogens (primary N) is 1. The fourth-order valence-electron chi connectivity index (χ4n) is 3.01. The van der Waals surface area contributed by atoms with Gasteiger partial charge in [-0.15, -0.1) is 0 Å². The van der Waals surface area contributed by atoms with Gasteiger partial charge in [-0.3, -0.25) is 0 Å². The maximum Gasteiger partial charge on any atom is 0.0640 e. The van der Waals surface area contributed by atoms with Gasteiger partial charge >= 0.3 is 0 Å². The van der Waals surface area contributed by atoms with E-state index >= 15 is 0 Å². The molecule has 1 saturated carbocycles. The van der Waals surface area contributed by atoms with Crippen LogP contribution in [0.15, 0.2) is 18.2 Å². The summed E-state index contributed by atoms with van der Waals surface area (Å²) in [5.74, 6) is 0. The molecule has 1 aromatic rings. The van der Waals surface area contributed by atoms with Crippen molar-refractivity contribution in [3.63, 3.8) is 0 Å². The Kier molecular flexibility index (Phi) is 6.16. The van der Waals surface area contributed by atoms with Crippen molar-refractivity contribution >= 4 is 23.2 Å². The number of hydrogen-bond acceptors (Lipinski definition) is 2. The lowest BCUT2D eigenvalue weighted by molar-refractivity contribution is 0.186. The average Bonchev–Trinajstić information content (AvgIpc) is 2.48. The van der Waals surface area contributed by atoms with Gasteiger partial charge in [0, 0.05) is 12.1 Å². The SMILES string of the molecule is CN(CCC(N)c1cccc(Cl)c1Cl)C1CCCCC1. The van der Waals surface area contributed by atoms with Crippen LogP contribution >= 0.6 is 23.2 Å². The molecular formula is C16H24Cl2N2. The Labute approximate surface area is 132 Å². The third kappa shape index (κ3) is 4.11. The highest BCUT2D eigenvalue weighted by atomic mass is 35.5. The molecule has 2 rings (SSSR count). The molecule has 0 bridgehead atoms. The smallest absolute Gasteiger partial charge is 0.0640 e. The van der Waals surface area contributed by atoms with Gasteiger partial charge < -0.3 is 10.6 Å². The second-order valence-corrected chi connectivity index (χ2v) is 6.60. The van der Waals surface area contributed by atoms with E-state index in [1.54, 1.807) is 6.07 Å². The second kappa shape index (κ2) is 7.65. The first-order chi connectivity index (χ1) is 9.59. The zero-order valence-electron chi connectivity index (χ0n) is 12.1. The van der Waals surface area contributed by atoms with E-state index < -0.39 is 0 Å². The van der Waals surface area contributed by atoms with Crippen LogP contribution in [0.3, 0.4) is 0 Å². The lowest BCUT2D eigenvalue weighted by Crippen LogP contribution is -2.35. The van der Waals surface area contributed by atoms with Crippen molar-refractivity contribution in [1.82, 2.24) is 4.90 Å². The summed E-state index contributed by atoms with van der Waals surface area (Å²) in [6.07, 6.45) is 7.67. The Bertz CT molecular complexity index is 430. The lowest BCUT2D eigenvalue weighted by Gasteiger charge is -2.31. The fraction of sp³-hybridized carbons (Fsp3) is 0.625. The summed E-state index contributed by atoms with van der Waals surface area (Å²) in [5, 5.41) is 1.18. The Morgan fingerprint density at radius 1 is 1.25 bits per heavy atom. The van der Waals surface area contributed by atoms with E-state index in [1.807, 2.05) is 12.1 Å². The topological polar surface area (TPSA) is 29.3 Å². The predicted molar refractivity (Wildman–Crippen MR) is 87.5 cm³/mol. The van der Waals surface area contributed by atoms with Crippen LogP contribution < -0.4 is 5.73 Å². The van der Waals surface area contributed by atoms with E-state index in [0.29, 0.717) is 10.0 Å². The van der Waals surface area contributed by atoms with Crippen LogP contribution in [0.25, 0.3) is 0 Å². The summed E-state index contributed by atoms with van der Waals surface area (Å²) in [4.78, 5) is 2.46. The van der Waals surface area contributed by atoms with Crippen molar-refractivity contribution in [2.75, 3.05) is 13.6 Å². The molecular weight excluding hydrogens is 291 g/mol. The molecule has 1 atom stereocenters. The minimum absolute atomic E-state index is 0.0489. The molecule has 0 spiro atoms.